The first-order valence-corrected chi connectivity index (χ1v) is 5.80. The summed E-state index contributed by atoms with van der Waals surface area (Å²) in [6.07, 6.45) is 1.44. The second-order valence-electron chi connectivity index (χ2n) is 4.29. The number of carbonyl (C=O) groups is 1. The lowest BCUT2D eigenvalue weighted by molar-refractivity contribution is 0.0691. The maximum absolute atomic E-state index is 11.0. The zero-order valence-electron chi connectivity index (χ0n) is 10.2. The largest absolute Gasteiger partial charge is 0.477 e. The molecule has 0 radical (unpaired) electrons. The molecule has 3 aromatic rings. The van der Waals surface area contributed by atoms with Gasteiger partial charge in [-0.05, 0) is 18.6 Å². The molecule has 5 nitrogen and oxygen atoms in total. The van der Waals surface area contributed by atoms with Gasteiger partial charge in [-0.25, -0.2) is 14.8 Å². The van der Waals surface area contributed by atoms with Crippen molar-refractivity contribution in [3.05, 3.63) is 47.9 Å². The average molecular weight is 253 g/mol. The Bertz CT molecular complexity index is 777. The van der Waals surface area contributed by atoms with Crippen LogP contribution in [0.15, 0.2) is 36.7 Å². The Morgan fingerprint density at radius 1 is 1.26 bits per heavy atom. The van der Waals surface area contributed by atoms with Crippen LogP contribution < -0.4 is 0 Å². The highest BCUT2D eigenvalue weighted by molar-refractivity contribution is 5.98. The number of aryl methyl sites for hydroxylation is 1. The van der Waals surface area contributed by atoms with Gasteiger partial charge in [0.1, 0.15) is 17.7 Å². The van der Waals surface area contributed by atoms with Crippen molar-refractivity contribution in [2.24, 2.45) is 0 Å². The lowest BCUT2D eigenvalue weighted by atomic mass is 10.0. The van der Waals surface area contributed by atoms with Crippen molar-refractivity contribution < 1.29 is 9.90 Å². The Labute approximate surface area is 109 Å². The minimum absolute atomic E-state index is 0.116. The highest BCUT2D eigenvalue weighted by atomic mass is 16.4. The summed E-state index contributed by atoms with van der Waals surface area (Å²) in [5, 5.41) is 9.74. The smallest absolute Gasteiger partial charge is 0.352 e. The molecule has 2 aromatic heterocycles. The molecule has 3 rings (SSSR count). The number of aromatic carboxylic acids is 1. The number of nitrogens with one attached hydrogen (secondary N) is 1. The van der Waals surface area contributed by atoms with E-state index in [1.807, 2.05) is 31.2 Å². The maximum atomic E-state index is 11.0. The minimum atomic E-state index is -1.01. The van der Waals surface area contributed by atoms with Gasteiger partial charge in [0.25, 0.3) is 0 Å². The number of hydrogen-bond acceptors (Lipinski definition) is 3. The highest BCUT2D eigenvalue weighted by Gasteiger charge is 2.14. The first-order chi connectivity index (χ1) is 9.16. The third-order valence-electron chi connectivity index (χ3n) is 3.06. The number of H-pyrrole nitrogens is 1. The summed E-state index contributed by atoms with van der Waals surface area (Å²) in [6, 6.07) is 9.41. The standard InChI is InChI=1S/C14H11N3O2/c1-8-4-2-3-5-9(8)12-10-6-11(14(18)19)17-13(10)16-7-15-12/h2-7H,1H3,(H,18,19)(H,15,16,17). The number of benzene rings is 1. The van der Waals surface area contributed by atoms with Gasteiger partial charge in [0.15, 0.2) is 0 Å². The fourth-order valence-corrected chi connectivity index (χ4v) is 2.11. The summed E-state index contributed by atoms with van der Waals surface area (Å²) in [6.45, 7) is 1.99. The van der Waals surface area contributed by atoms with Crippen LogP contribution >= 0.6 is 0 Å². The molecular weight excluding hydrogens is 242 g/mol. The lowest BCUT2D eigenvalue weighted by Gasteiger charge is -2.05. The number of carboxylic acid groups (broad SMARTS) is 1. The van der Waals surface area contributed by atoms with Crippen LogP contribution in [-0.2, 0) is 0 Å². The summed E-state index contributed by atoms with van der Waals surface area (Å²) < 4.78 is 0. The van der Waals surface area contributed by atoms with E-state index in [-0.39, 0.29) is 5.69 Å². The van der Waals surface area contributed by atoms with Crippen LogP contribution in [0, 0.1) is 6.92 Å². The van der Waals surface area contributed by atoms with Gasteiger partial charge in [-0.2, -0.15) is 0 Å². The summed E-state index contributed by atoms with van der Waals surface area (Å²) in [7, 11) is 0. The van der Waals surface area contributed by atoms with Gasteiger partial charge in [0.05, 0.1) is 5.69 Å². The first kappa shape index (κ1) is 11.4. The van der Waals surface area contributed by atoms with Crippen molar-refractivity contribution in [1.29, 1.82) is 0 Å². The van der Waals surface area contributed by atoms with E-state index in [9.17, 15) is 4.79 Å². The second kappa shape index (κ2) is 4.20. The van der Waals surface area contributed by atoms with E-state index in [1.54, 1.807) is 6.07 Å². The molecule has 0 spiro atoms. The molecule has 0 bridgehead atoms. The lowest BCUT2D eigenvalue weighted by Crippen LogP contribution is -1.94. The number of aromatic amines is 1. The van der Waals surface area contributed by atoms with E-state index in [0.717, 1.165) is 16.8 Å². The van der Waals surface area contributed by atoms with Crippen LogP contribution in [-0.4, -0.2) is 26.0 Å². The SMILES string of the molecule is Cc1ccccc1-c1ncnc2[nH]c(C(=O)O)cc12. The first-order valence-electron chi connectivity index (χ1n) is 5.80. The maximum Gasteiger partial charge on any atom is 0.352 e. The summed E-state index contributed by atoms with van der Waals surface area (Å²) in [5.74, 6) is -1.01. The number of rotatable bonds is 2. The van der Waals surface area contributed by atoms with Crippen molar-refractivity contribution in [2.45, 2.75) is 6.92 Å². The Balaban J connectivity index is 2.30. The Kier molecular flexibility index (Phi) is 2.52. The van der Waals surface area contributed by atoms with Gasteiger partial charge in [-0.1, -0.05) is 24.3 Å². The second-order valence-corrected chi connectivity index (χ2v) is 4.29. The van der Waals surface area contributed by atoms with Gasteiger partial charge in [0.2, 0.25) is 0 Å². The number of aromatic nitrogens is 3. The van der Waals surface area contributed by atoms with Gasteiger partial charge in [0, 0.05) is 10.9 Å². The van der Waals surface area contributed by atoms with E-state index in [2.05, 4.69) is 15.0 Å². The topological polar surface area (TPSA) is 78.9 Å². The number of fused-ring (bicyclic) bond motifs is 1. The predicted molar refractivity (Wildman–Crippen MR) is 71.0 cm³/mol. The molecule has 0 amide bonds. The fourth-order valence-electron chi connectivity index (χ4n) is 2.11. The molecule has 2 N–H and O–H groups in total. The van der Waals surface area contributed by atoms with E-state index in [1.165, 1.54) is 6.33 Å². The Hall–Kier alpha value is -2.69. The molecule has 1 aromatic carbocycles. The average Bonchev–Trinajstić information content (AvgIpc) is 2.83. The molecule has 0 unspecified atom stereocenters. The zero-order valence-corrected chi connectivity index (χ0v) is 10.2. The predicted octanol–water partition coefficient (Wildman–Crippen LogP) is 2.63. The molecule has 0 saturated carbocycles. The van der Waals surface area contributed by atoms with Crippen LogP contribution in [0.1, 0.15) is 16.1 Å². The monoisotopic (exact) mass is 253 g/mol. The van der Waals surface area contributed by atoms with Gasteiger partial charge < -0.3 is 10.1 Å². The van der Waals surface area contributed by atoms with Crippen LogP contribution in [0.4, 0.5) is 0 Å². The van der Waals surface area contributed by atoms with E-state index in [4.69, 9.17) is 5.11 Å². The zero-order chi connectivity index (χ0) is 13.4. The van der Waals surface area contributed by atoms with Crippen molar-refractivity contribution in [2.75, 3.05) is 0 Å². The molecule has 2 heterocycles. The molecule has 0 aliphatic rings. The Morgan fingerprint density at radius 3 is 2.79 bits per heavy atom. The molecule has 0 aliphatic heterocycles. The normalized spacial score (nSPS) is 10.8. The van der Waals surface area contributed by atoms with Gasteiger partial charge in [-0.15, -0.1) is 0 Å². The molecule has 0 fully saturated rings. The van der Waals surface area contributed by atoms with Crippen molar-refractivity contribution >= 4 is 17.0 Å². The quantitative estimate of drug-likeness (QED) is 0.735. The van der Waals surface area contributed by atoms with Crippen molar-refractivity contribution in [3.63, 3.8) is 0 Å². The van der Waals surface area contributed by atoms with Crippen molar-refractivity contribution in [3.8, 4) is 11.3 Å². The van der Waals surface area contributed by atoms with Gasteiger partial charge in [-0.3, -0.25) is 0 Å². The van der Waals surface area contributed by atoms with Gasteiger partial charge >= 0.3 is 5.97 Å². The molecule has 94 valence electrons. The third-order valence-corrected chi connectivity index (χ3v) is 3.06. The van der Waals surface area contributed by atoms with Crippen LogP contribution in [0.2, 0.25) is 0 Å². The summed E-state index contributed by atoms with van der Waals surface area (Å²) in [4.78, 5) is 22.1. The molecule has 0 atom stereocenters. The molecule has 0 aliphatic carbocycles. The van der Waals surface area contributed by atoms with Crippen LogP contribution in [0.5, 0.6) is 0 Å². The number of hydrogen-bond donors (Lipinski definition) is 2. The van der Waals surface area contributed by atoms with Crippen molar-refractivity contribution in [1.82, 2.24) is 15.0 Å². The molecule has 0 saturated heterocycles. The third kappa shape index (κ3) is 1.85. The Morgan fingerprint density at radius 2 is 2.05 bits per heavy atom. The minimum Gasteiger partial charge on any atom is -0.477 e. The van der Waals surface area contributed by atoms with E-state index in [0.29, 0.717) is 11.0 Å². The molecular formula is C14H11N3O2. The highest BCUT2D eigenvalue weighted by Crippen LogP contribution is 2.28. The summed E-state index contributed by atoms with van der Waals surface area (Å²) >= 11 is 0. The fraction of sp³-hybridized carbons (Fsp3) is 0.0714. The van der Waals surface area contributed by atoms with E-state index >= 15 is 0 Å². The van der Waals surface area contributed by atoms with Crippen LogP contribution in [0.3, 0.4) is 0 Å². The van der Waals surface area contributed by atoms with E-state index < -0.39 is 5.97 Å². The molecule has 5 heteroatoms. The number of nitrogens with zero attached hydrogens (tertiary/aromatic N) is 2. The molecule has 19 heavy (non-hydrogen) atoms. The number of carboxylic acids is 1. The summed E-state index contributed by atoms with van der Waals surface area (Å²) in [5.41, 5.74) is 3.45. The van der Waals surface area contributed by atoms with Crippen LogP contribution in [0.25, 0.3) is 22.3 Å².